The minimum atomic E-state index is -0.526. The van der Waals surface area contributed by atoms with E-state index in [1.807, 2.05) is 49.4 Å². The van der Waals surface area contributed by atoms with Crippen molar-refractivity contribution < 1.29 is 9.53 Å². The minimum Gasteiger partial charge on any atom is -0.367 e. The van der Waals surface area contributed by atoms with Gasteiger partial charge < -0.3 is 10.1 Å². The van der Waals surface area contributed by atoms with Crippen LogP contribution in [0.25, 0.3) is 0 Å². The molecule has 0 spiro atoms. The highest BCUT2D eigenvalue weighted by atomic mass is 16.5. The molecule has 0 saturated carbocycles. The summed E-state index contributed by atoms with van der Waals surface area (Å²) in [5, 5.41) is 2.85. The molecule has 1 aromatic carbocycles. The lowest BCUT2D eigenvalue weighted by molar-refractivity contribution is -0.131. The quantitative estimate of drug-likeness (QED) is 0.605. The van der Waals surface area contributed by atoms with Gasteiger partial charge in [0.15, 0.2) is 6.10 Å². The van der Waals surface area contributed by atoms with E-state index in [1.54, 1.807) is 7.11 Å². The summed E-state index contributed by atoms with van der Waals surface area (Å²) in [6, 6.07) is 9.49. The molecule has 0 aromatic heterocycles. The molecule has 0 aliphatic carbocycles. The molecule has 0 aliphatic rings. The monoisotopic (exact) mass is 233 g/mol. The van der Waals surface area contributed by atoms with Crippen LogP contribution in [-0.2, 0) is 9.53 Å². The number of rotatable bonds is 6. The van der Waals surface area contributed by atoms with Gasteiger partial charge in [-0.1, -0.05) is 42.5 Å². The zero-order valence-corrected chi connectivity index (χ0v) is 10.3. The normalized spacial score (nSPS) is 12.6. The Bertz CT molecular complexity index is 360. The van der Waals surface area contributed by atoms with Gasteiger partial charge in [0.1, 0.15) is 0 Å². The number of hydrogen-bond donors (Lipinski definition) is 1. The topological polar surface area (TPSA) is 38.3 Å². The summed E-state index contributed by atoms with van der Waals surface area (Å²) in [6.45, 7) is 2.60. The highest BCUT2D eigenvalue weighted by Crippen LogP contribution is 2.15. The Balaban J connectivity index is 2.53. The fraction of sp³-hybridized carbons (Fsp3) is 0.357. The smallest absolute Gasteiger partial charge is 0.253 e. The van der Waals surface area contributed by atoms with Crippen LogP contribution in [0.5, 0.6) is 0 Å². The Hall–Kier alpha value is -1.61. The first-order chi connectivity index (χ1) is 8.29. The van der Waals surface area contributed by atoms with Crippen molar-refractivity contribution in [2.24, 2.45) is 0 Å². The Kier molecular flexibility index (Phi) is 6.04. The van der Waals surface area contributed by atoms with Crippen LogP contribution in [0.15, 0.2) is 42.5 Å². The molecule has 0 fully saturated rings. The van der Waals surface area contributed by atoms with Crippen LogP contribution in [0.3, 0.4) is 0 Å². The highest BCUT2D eigenvalue weighted by molar-refractivity contribution is 5.82. The van der Waals surface area contributed by atoms with Gasteiger partial charge in [0.2, 0.25) is 0 Å². The molecule has 0 saturated heterocycles. The van der Waals surface area contributed by atoms with Crippen molar-refractivity contribution in [1.29, 1.82) is 0 Å². The van der Waals surface area contributed by atoms with Gasteiger partial charge in [-0.05, 0) is 18.9 Å². The van der Waals surface area contributed by atoms with Crippen molar-refractivity contribution in [3.8, 4) is 0 Å². The Morgan fingerprint density at radius 3 is 2.71 bits per heavy atom. The molecule has 0 heterocycles. The molecule has 0 bridgehead atoms. The van der Waals surface area contributed by atoms with Crippen molar-refractivity contribution in [3.63, 3.8) is 0 Å². The summed E-state index contributed by atoms with van der Waals surface area (Å²) in [4.78, 5) is 11.9. The molecule has 1 rings (SSSR count). The summed E-state index contributed by atoms with van der Waals surface area (Å²) in [6.07, 6.45) is 4.30. The maximum atomic E-state index is 11.9. The number of allylic oxidation sites excluding steroid dienone is 1. The second-order valence-electron chi connectivity index (χ2n) is 3.68. The second-order valence-corrected chi connectivity index (χ2v) is 3.68. The number of methoxy groups -OCH3 is 1. The number of ether oxygens (including phenoxy) is 1. The first kappa shape index (κ1) is 13.5. The Morgan fingerprint density at radius 2 is 2.12 bits per heavy atom. The van der Waals surface area contributed by atoms with Crippen LogP contribution in [0.1, 0.15) is 25.0 Å². The van der Waals surface area contributed by atoms with E-state index in [0.29, 0.717) is 6.54 Å². The van der Waals surface area contributed by atoms with E-state index < -0.39 is 6.10 Å². The summed E-state index contributed by atoms with van der Waals surface area (Å²) in [5.74, 6) is -0.0943. The van der Waals surface area contributed by atoms with Gasteiger partial charge in [-0.2, -0.15) is 0 Å². The molecule has 1 aromatic rings. The van der Waals surface area contributed by atoms with Crippen LogP contribution in [-0.4, -0.2) is 19.6 Å². The zero-order chi connectivity index (χ0) is 12.5. The second kappa shape index (κ2) is 7.63. The van der Waals surface area contributed by atoms with E-state index in [0.717, 1.165) is 12.0 Å². The van der Waals surface area contributed by atoms with Crippen LogP contribution >= 0.6 is 0 Å². The van der Waals surface area contributed by atoms with Crippen molar-refractivity contribution in [1.82, 2.24) is 5.32 Å². The Morgan fingerprint density at radius 1 is 1.41 bits per heavy atom. The third-order valence-electron chi connectivity index (χ3n) is 2.42. The van der Waals surface area contributed by atoms with E-state index in [9.17, 15) is 4.79 Å². The maximum absolute atomic E-state index is 11.9. The molecular weight excluding hydrogens is 214 g/mol. The van der Waals surface area contributed by atoms with Crippen LogP contribution in [0.2, 0.25) is 0 Å². The average Bonchev–Trinajstić information content (AvgIpc) is 2.37. The van der Waals surface area contributed by atoms with E-state index >= 15 is 0 Å². The van der Waals surface area contributed by atoms with Crippen molar-refractivity contribution in [3.05, 3.63) is 48.0 Å². The van der Waals surface area contributed by atoms with Gasteiger partial charge in [-0.25, -0.2) is 0 Å². The molecule has 3 heteroatoms. The van der Waals surface area contributed by atoms with Gasteiger partial charge in [-0.3, -0.25) is 4.79 Å². The molecule has 1 N–H and O–H groups in total. The molecular formula is C14H19NO2. The van der Waals surface area contributed by atoms with Gasteiger partial charge >= 0.3 is 0 Å². The summed E-state index contributed by atoms with van der Waals surface area (Å²) < 4.78 is 5.23. The first-order valence-corrected chi connectivity index (χ1v) is 5.76. The van der Waals surface area contributed by atoms with Crippen molar-refractivity contribution in [2.45, 2.75) is 19.4 Å². The average molecular weight is 233 g/mol. The fourth-order valence-electron chi connectivity index (χ4n) is 1.56. The van der Waals surface area contributed by atoms with Gasteiger partial charge in [-0.15, -0.1) is 0 Å². The van der Waals surface area contributed by atoms with E-state index in [1.165, 1.54) is 0 Å². The summed E-state index contributed by atoms with van der Waals surface area (Å²) >= 11 is 0. The summed E-state index contributed by atoms with van der Waals surface area (Å²) in [5.41, 5.74) is 0.874. The molecule has 0 radical (unpaired) electrons. The van der Waals surface area contributed by atoms with Gasteiger partial charge in [0.25, 0.3) is 5.91 Å². The van der Waals surface area contributed by atoms with Gasteiger partial charge in [0, 0.05) is 13.7 Å². The molecule has 92 valence electrons. The molecule has 1 amide bonds. The number of benzene rings is 1. The largest absolute Gasteiger partial charge is 0.367 e. The maximum Gasteiger partial charge on any atom is 0.253 e. The van der Waals surface area contributed by atoms with E-state index in [4.69, 9.17) is 4.74 Å². The standard InChI is InChI=1S/C14H19NO2/c1-3-4-8-11-15-14(16)13(17-2)12-9-6-5-7-10-12/h3-7,9-10,13H,8,11H2,1-2H3,(H,15,16)/b4-3+. The molecule has 1 atom stereocenters. The molecule has 3 nitrogen and oxygen atoms in total. The predicted molar refractivity (Wildman–Crippen MR) is 68.6 cm³/mol. The van der Waals surface area contributed by atoms with E-state index in [-0.39, 0.29) is 5.91 Å². The molecule has 17 heavy (non-hydrogen) atoms. The lowest BCUT2D eigenvalue weighted by Gasteiger charge is -2.15. The van der Waals surface area contributed by atoms with Crippen LogP contribution in [0, 0.1) is 0 Å². The van der Waals surface area contributed by atoms with Crippen LogP contribution in [0.4, 0.5) is 0 Å². The highest BCUT2D eigenvalue weighted by Gasteiger charge is 2.18. The minimum absolute atomic E-state index is 0.0943. The lowest BCUT2D eigenvalue weighted by Crippen LogP contribution is -2.30. The first-order valence-electron chi connectivity index (χ1n) is 5.76. The van der Waals surface area contributed by atoms with E-state index in [2.05, 4.69) is 5.32 Å². The number of amides is 1. The lowest BCUT2D eigenvalue weighted by atomic mass is 10.1. The molecule has 0 aliphatic heterocycles. The molecule has 1 unspecified atom stereocenters. The van der Waals surface area contributed by atoms with Crippen molar-refractivity contribution >= 4 is 5.91 Å². The third kappa shape index (κ3) is 4.41. The van der Waals surface area contributed by atoms with Crippen molar-refractivity contribution in [2.75, 3.05) is 13.7 Å². The number of carbonyl (C=O) groups is 1. The number of carbonyl (C=O) groups excluding carboxylic acids is 1. The predicted octanol–water partition coefficient (Wildman–Crippen LogP) is 2.46. The van der Waals surface area contributed by atoms with Crippen LogP contribution < -0.4 is 5.32 Å². The number of hydrogen-bond acceptors (Lipinski definition) is 2. The number of nitrogens with one attached hydrogen (secondary N) is 1. The third-order valence-corrected chi connectivity index (χ3v) is 2.42. The zero-order valence-electron chi connectivity index (χ0n) is 10.3. The summed E-state index contributed by atoms with van der Waals surface area (Å²) in [7, 11) is 1.54. The Labute approximate surface area is 102 Å². The fourth-order valence-corrected chi connectivity index (χ4v) is 1.56. The SMILES string of the molecule is C/C=C/CCNC(=O)C(OC)c1ccccc1. The van der Waals surface area contributed by atoms with Gasteiger partial charge in [0.05, 0.1) is 0 Å².